The number of thioether (sulfide) groups is 1. The van der Waals surface area contributed by atoms with Crippen LogP contribution in [0.25, 0.3) is 0 Å². The van der Waals surface area contributed by atoms with Crippen LogP contribution in [0.3, 0.4) is 0 Å². The Hall–Kier alpha value is 0.01000. The van der Waals surface area contributed by atoms with E-state index in [1.54, 1.807) is 0 Å². The SMILES string of the molecule is Brc1ccc(SC2CCOCC2)cc1. The van der Waals surface area contributed by atoms with Gasteiger partial charge in [-0.25, -0.2) is 0 Å². The van der Waals surface area contributed by atoms with Gasteiger partial charge in [0.1, 0.15) is 0 Å². The molecule has 1 saturated heterocycles. The Morgan fingerprint density at radius 2 is 1.79 bits per heavy atom. The number of hydrogen-bond acceptors (Lipinski definition) is 2. The van der Waals surface area contributed by atoms with Crippen LogP contribution in [-0.2, 0) is 4.74 Å². The highest BCUT2D eigenvalue weighted by Gasteiger charge is 2.14. The molecule has 0 atom stereocenters. The van der Waals surface area contributed by atoms with Crippen molar-refractivity contribution in [3.63, 3.8) is 0 Å². The van der Waals surface area contributed by atoms with Gasteiger partial charge in [0.15, 0.2) is 0 Å². The van der Waals surface area contributed by atoms with Gasteiger partial charge in [0, 0.05) is 27.8 Å². The van der Waals surface area contributed by atoms with E-state index in [4.69, 9.17) is 4.74 Å². The largest absolute Gasteiger partial charge is 0.381 e. The molecule has 0 bridgehead atoms. The van der Waals surface area contributed by atoms with Crippen LogP contribution in [-0.4, -0.2) is 18.5 Å². The maximum atomic E-state index is 5.34. The zero-order chi connectivity index (χ0) is 9.80. The Morgan fingerprint density at radius 1 is 1.14 bits per heavy atom. The van der Waals surface area contributed by atoms with Crippen LogP contribution in [0.5, 0.6) is 0 Å². The van der Waals surface area contributed by atoms with Crippen LogP contribution >= 0.6 is 27.7 Å². The Balaban J connectivity index is 1.92. The molecule has 1 aromatic rings. The summed E-state index contributed by atoms with van der Waals surface area (Å²) in [7, 11) is 0. The third kappa shape index (κ3) is 3.01. The maximum absolute atomic E-state index is 5.34. The summed E-state index contributed by atoms with van der Waals surface area (Å²) in [5.74, 6) is 0. The highest BCUT2D eigenvalue weighted by atomic mass is 79.9. The van der Waals surface area contributed by atoms with Crippen molar-refractivity contribution in [1.29, 1.82) is 0 Å². The van der Waals surface area contributed by atoms with Crippen LogP contribution in [0.2, 0.25) is 0 Å². The second kappa shape index (κ2) is 5.19. The minimum Gasteiger partial charge on any atom is -0.381 e. The van der Waals surface area contributed by atoms with Crippen LogP contribution < -0.4 is 0 Å². The average molecular weight is 273 g/mol. The highest BCUT2D eigenvalue weighted by molar-refractivity contribution is 9.10. The monoisotopic (exact) mass is 272 g/mol. The number of benzene rings is 1. The Labute approximate surface area is 97.4 Å². The molecule has 0 aliphatic carbocycles. The van der Waals surface area contributed by atoms with Crippen molar-refractivity contribution in [3.05, 3.63) is 28.7 Å². The van der Waals surface area contributed by atoms with Gasteiger partial charge in [0.25, 0.3) is 0 Å². The molecule has 14 heavy (non-hydrogen) atoms. The Morgan fingerprint density at radius 3 is 2.43 bits per heavy atom. The first kappa shape index (κ1) is 10.5. The summed E-state index contributed by atoms with van der Waals surface area (Å²) < 4.78 is 6.48. The lowest BCUT2D eigenvalue weighted by Crippen LogP contribution is -2.17. The van der Waals surface area contributed by atoms with Crippen molar-refractivity contribution in [3.8, 4) is 0 Å². The summed E-state index contributed by atoms with van der Waals surface area (Å²) in [5, 5.41) is 0.741. The minimum absolute atomic E-state index is 0.741. The molecule has 0 radical (unpaired) electrons. The molecule has 1 aliphatic heterocycles. The number of hydrogen-bond donors (Lipinski definition) is 0. The zero-order valence-electron chi connectivity index (χ0n) is 7.91. The van der Waals surface area contributed by atoms with Gasteiger partial charge < -0.3 is 4.74 Å². The highest BCUT2D eigenvalue weighted by Crippen LogP contribution is 2.30. The molecule has 1 aromatic carbocycles. The normalized spacial score (nSPS) is 18.4. The molecular formula is C11H13BrOS. The van der Waals surface area contributed by atoms with E-state index in [0.717, 1.165) is 22.9 Å². The van der Waals surface area contributed by atoms with Crippen molar-refractivity contribution in [2.75, 3.05) is 13.2 Å². The first-order valence-corrected chi connectivity index (χ1v) is 6.52. The first-order valence-electron chi connectivity index (χ1n) is 4.84. The molecule has 0 aromatic heterocycles. The summed E-state index contributed by atoms with van der Waals surface area (Å²) in [6, 6.07) is 8.54. The van der Waals surface area contributed by atoms with E-state index >= 15 is 0 Å². The molecule has 0 unspecified atom stereocenters. The van der Waals surface area contributed by atoms with Crippen LogP contribution in [0.1, 0.15) is 12.8 Å². The standard InChI is InChI=1S/C11H13BrOS/c12-9-1-3-10(4-2-9)14-11-5-7-13-8-6-11/h1-4,11H,5-8H2. The fraction of sp³-hybridized carbons (Fsp3) is 0.455. The zero-order valence-corrected chi connectivity index (χ0v) is 10.3. The fourth-order valence-electron chi connectivity index (χ4n) is 1.50. The topological polar surface area (TPSA) is 9.23 Å². The predicted octanol–water partition coefficient (Wildman–Crippen LogP) is 3.72. The summed E-state index contributed by atoms with van der Waals surface area (Å²) in [5.41, 5.74) is 0. The number of halogens is 1. The molecular weight excluding hydrogens is 260 g/mol. The lowest BCUT2D eigenvalue weighted by molar-refractivity contribution is 0.100. The second-order valence-electron chi connectivity index (χ2n) is 3.38. The van der Waals surface area contributed by atoms with E-state index in [0.29, 0.717) is 0 Å². The summed E-state index contributed by atoms with van der Waals surface area (Å²) in [6.07, 6.45) is 2.36. The molecule has 3 heteroatoms. The molecule has 76 valence electrons. The average Bonchev–Trinajstić information content (AvgIpc) is 2.23. The van der Waals surface area contributed by atoms with Gasteiger partial charge in [-0.1, -0.05) is 15.9 Å². The molecule has 0 saturated carbocycles. The van der Waals surface area contributed by atoms with Gasteiger partial charge in [0.05, 0.1) is 0 Å². The number of rotatable bonds is 2. The van der Waals surface area contributed by atoms with E-state index < -0.39 is 0 Å². The molecule has 0 N–H and O–H groups in total. The summed E-state index contributed by atoms with van der Waals surface area (Å²) in [4.78, 5) is 1.36. The molecule has 0 spiro atoms. The molecule has 1 aliphatic rings. The second-order valence-corrected chi connectivity index (χ2v) is 5.67. The quantitative estimate of drug-likeness (QED) is 0.812. The molecule has 1 heterocycles. The third-order valence-electron chi connectivity index (χ3n) is 2.28. The van der Waals surface area contributed by atoms with Crippen molar-refractivity contribution in [1.82, 2.24) is 0 Å². The molecule has 1 fully saturated rings. The maximum Gasteiger partial charge on any atom is 0.0476 e. The third-order valence-corrected chi connectivity index (χ3v) is 4.16. The predicted molar refractivity (Wildman–Crippen MR) is 63.8 cm³/mol. The van der Waals surface area contributed by atoms with Crippen LogP contribution in [0, 0.1) is 0 Å². The van der Waals surface area contributed by atoms with E-state index in [2.05, 4.69) is 40.2 Å². The lowest BCUT2D eigenvalue weighted by atomic mass is 10.2. The van der Waals surface area contributed by atoms with Gasteiger partial charge >= 0.3 is 0 Å². The van der Waals surface area contributed by atoms with Crippen molar-refractivity contribution >= 4 is 27.7 Å². The van der Waals surface area contributed by atoms with Gasteiger partial charge in [-0.05, 0) is 37.1 Å². The number of ether oxygens (including phenoxy) is 1. The van der Waals surface area contributed by atoms with Crippen molar-refractivity contribution in [2.45, 2.75) is 23.0 Å². The fourth-order valence-corrected chi connectivity index (χ4v) is 2.87. The van der Waals surface area contributed by atoms with E-state index in [9.17, 15) is 0 Å². The first-order chi connectivity index (χ1) is 6.84. The lowest BCUT2D eigenvalue weighted by Gasteiger charge is -2.21. The smallest absolute Gasteiger partial charge is 0.0476 e. The van der Waals surface area contributed by atoms with Gasteiger partial charge in [-0.3, -0.25) is 0 Å². The van der Waals surface area contributed by atoms with Gasteiger partial charge in [-0.2, -0.15) is 0 Å². The van der Waals surface area contributed by atoms with Crippen LogP contribution in [0.4, 0.5) is 0 Å². The minimum atomic E-state index is 0.741. The Kier molecular flexibility index (Phi) is 3.90. The van der Waals surface area contributed by atoms with Crippen molar-refractivity contribution < 1.29 is 4.74 Å². The van der Waals surface area contributed by atoms with Gasteiger partial charge in [-0.15, -0.1) is 11.8 Å². The molecule has 0 amide bonds. The summed E-state index contributed by atoms with van der Waals surface area (Å²) >= 11 is 5.41. The van der Waals surface area contributed by atoms with Crippen LogP contribution in [0.15, 0.2) is 33.6 Å². The van der Waals surface area contributed by atoms with E-state index in [1.165, 1.54) is 17.7 Å². The molecule has 2 rings (SSSR count). The van der Waals surface area contributed by atoms with Gasteiger partial charge in [0.2, 0.25) is 0 Å². The Bertz CT molecular complexity index is 280. The van der Waals surface area contributed by atoms with E-state index in [-0.39, 0.29) is 0 Å². The van der Waals surface area contributed by atoms with E-state index in [1.807, 2.05) is 11.8 Å². The summed E-state index contributed by atoms with van der Waals surface area (Å²) in [6.45, 7) is 1.85. The van der Waals surface area contributed by atoms with Crippen molar-refractivity contribution in [2.24, 2.45) is 0 Å². The molecule has 1 nitrogen and oxygen atoms in total.